The first-order chi connectivity index (χ1) is 10.6. The minimum absolute atomic E-state index is 0.238. The Morgan fingerprint density at radius 1 is 1.23 bits per heavy atom. The lowest BCUT2D eigenvalue weighted by atomic mass is 10.1. The maximum absolute atomic E-state index is 12.1. The summed E-state index contributed by atoms with van der Waals surface area (Å²) in [6.45, 7) is 0.555. The summed E-state index contributed by atoms with van der Waals surface area (Å²) >= 11 is 6.68. The molecule has 7 heteroatoms. The molecule has 0 aliphatic rings. The molecule has 0 radical (unpaired) electrons. The van der Waals surface area contributed by atoms with E-state index in [9.17, 15) is 9.59 Å². The van der Waals surface area contributed by atoms with Crippen molar-refractivity contribution in [2.45, 2.75) is 6.54 Å². The fourth-order valence-corrected chi connectivity index (χ4v) is 2.51. The van der Waals surface area contributed by atoms with Crippen molar-refractivity contribution in [2.75, 3.05) is 7.11 Å². The third kappa shape index (κ3) is 4.37. The van der Waals surface area contributed by atoms with Gasteiger partial charge in [-0.05, 0) is 41.9 Å². The first-order valence-electron chi connectivity index (χ1n) is 6.40. The molecule has 0 atom stereocenters. The van der Waals surface area contributed by atoms with Gasteiger partial charge in [0.05, 0.1) is 19.2 Å². The molecule has 2 aromatic rings. The fourth-order valence-electron chi connectivity index (χ4n) is 1.71. The van der Waals surface area contributed by atoms with E-state index in [1.54, 1.807) is 29.5 Å². The van der Waals surface area contributed by atoms with E-state index >= 15 is 0 Å². The van der Waals surface area contributed by atoms with Gasteiger partial charge in [-0.15, -0.1) is 11.3 Å². The van der Waals surface area contributed by atoms with Crippen LogP contribution >= 0.6 is 23.6 Å². The van der Waals surface area contributed by atoms with Crippen molar-refractivity contribution in [3.8, 4) is 0 Å². The van der Waals surface area contributed by atoms with Crippen LogP contribution in [-0.2, 0) is 11.3 Å². The second-order valence-corrected chi connectivity index (χ2v) is 5.73. The number of hydrogen-bond donors (Lipinski definition) is 2. The molecule has 1 aromatic heterocycles. The lowest BCUT2D eigenvalue weighted by Gasteiger charge is -2.09. The van der Waals surface area contributed by atoms with Crippen LogP contribution in [0.25, 0.3) is 0 Å². The highest BCUT2D eigenvalue weighted by Crippen LogP contribution is 2.08. The number of hydrogen-bond acceptors (Lipinski definition) is 5. The molecule has 2 N–H and O–H groups in total. The van der Waals surface area contributed by atoms with Crippen molar-refractivity contribution in [1.29, 1.82) is 0 Å². The van der Waals surface area contributed by atoms with Gasteiger partial charge in [-0.2, -0.15) is 0 Å². The van der Waals surface area contributed by atoms with E-state index in [0.29, 0.717) is 17.7 Å². The second-order valence-electron chi connectivity index (χ2n) is 4.29. The highest BCUT2D eigenvalue weighted by atomic mass is 32.1. The average Bonchev–Trinajstić information content (AvgIpc) is 3.05. The maximum Gasteiger partial charge on any atom is 0.337 e. The standard InChI is InChI=1S/C15H14N2O3S2/c1-20-14(19)11-5-2-4-10(8-11)13(18)17-15(21)16-9-12-6-3-7-22-12/h2-8H,9H2,1H3,(H2,16,17,18,21). The zero-order valence-electron chi connectivity index (χ0n) is 11.8. The molecular formula is C15H14N2O3S2. The molecule has 0 aliphatic carbocycles. The molecule has 1 heterocycles. The van der Waals surface area contributed by atoms with E-state index in [2.05, 4.69) is 15.4 Å². The van der Waals surface area contributed by atoms with Crippen molar-refractivity contribution < 1.29 is 14.3 Å². The van der Waals surface area contributed by atoms with E-state index in [4.69, 9.17) is 12.2 Å². The van der Waals surface area contributed by atoms with Gasteiger partial charge in [0.2, 0.25) is 0 Å². The van der Waals surface area contributed by atoms with E-state index in [0.717, 1.165) is 4.88 Å². The smallest absolute Gasteiger partial charge is 0.337 e. The number of carbonyl (C=O) groups is 2. The fraction of sp³-hybridized carbons (Fsp3) is 0.133. The molecule has 0 saturated heterocycles. The number of benzene rings is 1. The highest BCUT2D eigenvalue weighted by Gasteiger charge is 2.11. The van der Waals surface area contributed by atoms with Crippen LogP contribution in [0.15, 0.2) is 41.8 Å². The lowest BCUT2D eigenvalue weighted by molar-refractivity contribution is 0.0600. The zero-order valence-corrected chi connectivity index (χ0v) is 13.4. The van der Waals surface area contributed by atoms with Gasteiger partial charge < -0.3 is 10.1 Å². The molecule has 0 spiro atoms. The number of nitrogens with one attached hydrogen (secondary N) is 2. The summed E-state index contributed by atoms with van der Waals surface area (Å²) in [5, 5.41) is 7.74. The van der Waals surface area contributed by atoms with Gasteiger partial charge in [0, 0.05) is 10.4 Å². The molecule has 5 nitrogen and oxygen atoms in total. The Hall–Kier alpha value is -2.25. The quantitative estimate of drug-likeness (QED) is 0.663. The third-order valence-corrected chi connectivity index (χ3v) is 3.90. The van der Waals surface area contributed by atoms with Gasteiger partial charge in [0.1, 0.15) is 0 Å². The Balaban J connectivity index is 1.93. The Morgan fingerprint density at radius 2 is 2.00 bits per heavy atom. The van der Waals surface area contributed by atoms with Crippen LogP contribution < -0.4 is 10.6 Å². The van der Waals surface area contributed by atoms with Gasteiger partial charge >= 0.3 is 5.97 Å². The summed E-state index contributed by atoms with van der Waals surface area (Å²) in [6, 6.07) is 10.2. The summed E-state index contributed by atoms with van der Waals surface area (Å²) in [4.78, 5) is 24.7. The molecule has 2 rings (SSSR count). The van der Waals surface area contributed by atoms with Crippen LogP contribution in [-0.4, -0.2) is 24.1 Å². The average molecular weight is 334 g/mol. The van der Waals surface area contributed by atoms with Crippen LogP contribution in [0.1, 0.15) is 25.6 Å². The summed E-state index contributed by atoms with van der Waals surface area (Å²) in [6.07, 6.45) is 0. The molecule has 0 saturated carbocycles. The monoisotopic (exact) mass is 334 g/mol. The van der Waals surface area contributed by atoms with Crippen LogP contribution in [0.4, 0.5) is 0 Å². The van der Waals surface area contributed by atoms with Crippen molar-refractivity contribution in [1.82, 2.24) is 10.6 Å². The molecular weight excluding hydrogens is 320 g/mol. The Kier molecular flexibility index (Phi) is 5.62. The SMILES string of the molecule is COC(=O)c1cccc(C(=O)NC(=S)NCc2cccs2)c1. The van der Waals surface area contributed by atoms with Gasteiger partial charge in [0.15, 0.2) is 5.11 Å². The van der Waals surface area contributed by atoms with Crippen molar-refractivity contribution >= 4 is 40.5 Å². The normalized spacial score (nSPS) is 9.86. The number of thiophene rings is 1. The zero-order chi connectivity index (χ0) is 15.9. The van der Waals surface area contributed by atoms with E-state index < -0.39 is 5.97 Å². The van der Waals surface area contributed by atoms with Crippen molar-refractivity contribution in [3.63, 3.8) is 0 Å². The summed E-state index contributed by atoms with van der Waals surface area (Å²) in [7, 11) is 1.29. The number of ether oxygens (including phenoxy) is 1. The molecule has 22 heavy (non-hydrogen) atoms. The first kappa shape index (κ1) is 16.1. The van der Waals surface area contributed by atoms with Crippen LogP contribution in [0.5, 0.6) is 0 Å². The molecule has 0 fully saturated rings. The predicted molar refractivity (Wildman–Crippen MR) is 89.0 cm³/mol. The maximum atomic E-state index is 12.1. The van der Waals surface area contributed by atoms with Crippen LogP contribution in [0.2, 0.25) is 0 Å². The van der Waals surface area contributed by atoms with E-state index in [-0.39, 0.29) is 11.0 Å². The van der Waals surface area contributed by atoms with E-state index in [1.807, 2.05) is 17.5 Å². The Morgan fingerprint density at radius 3 is 2.68 bits per heavy atom. The second kappa shape index (κ2) is 7.67. The minimum atomic E-state index is -0.493. The highest BCUT2D eigenvalue weighted by molar-refractivity contribution is 7.80. The summed E-state index contributed by atoms with van der Waals surface area (Å²) in [5.41, 5.74) is 0.649. The predicted octanol–water partition coefficient (Wildman–Crippen LogP) is 2.34. The molecule has 0 unspecified atom stereocenters. The molecule has 114 valence electrons. The van der Waals surface area contributed by atoms with Crippen molar-refractivity contribution in [2.24, 2.45) is 0 Å². The first-order valence-corrected chi connectivity index (χ1v) is 7.69. The summed E-state index contributed by atoms with van der Waals surface area (Å²) < 4.78 is 4.62. The Bertz CT molecular complexity index is 684. The van der Waals surface area contributed by atoms with Gasteiger partial charge in [-0.3, -0.25) is 10.1 Å². The molecule has 1 aromatic carbocycles. The van der Waals surface area contributed by atoms with Gasteiger partial charge in [0.25, 0.3) is 5.91 Å². The van der Waals surface area contributed by atoms with E-state index in [1.165, 1.54) is 13.2 Å². The number of rotatable bonds is 4. The topological polar surface area (TPSA) is 67.4 Å². The largest absolute Gasteiger partial charge is 0.465 e. The number of esters is 1. The molecule has 0 bridgehead atoms. The number of thiocarbonyl (C=S) groups is 1. The van der Waals surface area contributed by atoms with Gasteiger partial charge in [-0.25, -0.2) is 4.79 Å². The number of methoxy groups -OCH3 is 1. The van der Waals surface area contributed by atoms with Crippen LogP contribution in [0.3, 0.4) is 0 Å². The molecule has 0 aliphatic heterocycles. The van der Waals surface area contributed by atoms with Crippen molar-refractivity contribution in [3.05, 3.63) is 57.8 Å². The van der Waals surface area contributed by atoms with Crippen LogP contribution in [0, 0.1) is 0 Å². The molecule has 1 amide bonds. The Labute approximate surface area is 137 Å². The number of carbonyl (C=O) groups excluding carboxylic acids is 2. The third-order valence-electron chi connectivity index (χ3n) is 2.78. The summed E-state index contributed by atoms with van der Waals surface area (Å²) in [5.74, 6) is -0.873. The number of amides is 1. The lowest BCUT2D eigenvalue weighted by Crippen LogP contribution is -2.38. The minimum Gasteiger partial charge on any atom is -0.465 e. The van der Waals surface area contributed by atoms with Gasteiger partial charge in [-0.1, -0.05) is 12.1 Å².